The number of rotatable bonds is 2. The molecule has 0 aliphatic heterocycles. The Labute approximate surface area is 142 Å². The van der Waals surface area contributed by atoms with Crippen LogP contribution < -0.4 is 10.9 Å². The number of nitrogens with one attached hydrogen (secondary N) is 1. The van der Waals surface area contributed by atoms with E-state index in [1.165, 1.54) is 6.92 Å². The number of carbonyl (C=O) groups excluding carboxylic acids is 2. The number of hydrogen-bond donors (Lipinski definition) is 1. The van der Waals surface area contributed by atoms with Crippen molar-refractivity contribution in [2.75, 3.05) is 0 Å². The second kappa shape index (κ2) is 6.68. The Kier molecular flexibility index (Phi) is 4.44. The Morgan fingerprint density at radius 1 is 1.08 bits per heavy atom. The quantitative estimate of drug-likeness (QED) is 0.774. The lowest BCUT2D eigenvalue weighted by atomic mass is 10.1. The van der Waals surface area contributed by atoms with Crippen LogP contribution in [0.1, 0.15) is 17.3 Å². The molecular formula is C18H13ClN2O3. The van der Waals surface area contributed by atoms with Gasteiger partial charge in [-0.2, -0.15) is 0 Å². The molecule has 0 aliphatic rings. The number of amides is 2. The summed E-state index contributed by atoms with van der Waals surface area (Å²) >= 11 is 5.87. The first-order valence-corrected chi connectivity index (χ1v) is 7.56. The van der Waals surface area contributed by atoms with E-state index in [1.54, 1.807) is 36.4 Å². The second-order valence-electron chi connectivity index (χ2n) is 5.10. The van der Waals surface area contributed by atoms with Crippen LogP contribution in [0.5, 0.6) is 0 Å². The second-order valence-corrected chi connectivity index (χ2v) is 5.54. The fourth-order valence-electron chi connectivity index (χ4n) is 2.17. The van der Waals surface area contributed by atoms with Crippen molar-refractivity contribution in [2.24, 2.45) is 4.99 Å². The van der Waals surface area contributed by atoms with Gasteiger partial charge in [-0.05, 0) is 36.4 Å². The summed E-state index contributed by atoms with van der Waals surface area (Å²) in [5.74, 6) is -1.02. The van der Waals surface area contributed by atoms with Crippen LogP contribution in [0.3, 0.4) is 0 Å². The van der Waals surface area contributed by atoms with Crippen LogP contribution in [-0.2, 0) is 4.79 Å². The first-order chi connectivity index (χ1) is 11.5. The average molecular weight is 341 g/mol. The van der Waals surface area contributed by atoms with Gasteiger partial charge in [-0.1, -0.05) is 29.8 Å². The molecule has 0 unspecified atom stereocenters. The van der Waals surface area contributed by atoms with E-state index in [1.807, 2.05) is 18.2 Å². The number of nitrogens with zero attached hydrogens (tertiary/aromatic N) is 1. The summed E-state index contributed by atoms with van der Waals surface area (Å²) in [7, 11) is 0. The van der Waals surface area contributed by atoms with Gasteiger partial charge < -0.3 is 4.42 Å². The molecule has 0 fully saturated rings. The summed E-state index contributed by atoms with van der Waals surface area (Å²) in [6.45, 7) is 1.27. The molecule has 120 valence electrons. The van der Waals surface area contributed by atoms with Crippen molar-refractivity contribution in [3.05, 3.63) is 70.7 Å². The minimum Gasteiger partial charge on any atom is -0.438 e. The number of imide groups is 1. The van der Waals surface area contributed by atoms with Crippen molar-refractivity contribution < 1.29 is 14.0 Å². The van der Waals surface area contributed by atoms with Crippen LogP contribution in [-0.4, -0.2) is 11.8 Å². The summed E-state index contributed by atoms with van der Waals surface area (Å²) in [5, 5.41) is 3.56. The molecule has 2 amide bonds. The van der Waals surface area contributed by atoms with Crippen molar-refractivity contribution in [1.29, 1.82) is 0 Å². The van der Waals surface area contributed by atoms with Crippen molar-refractivity contribution in [1.82, 2.24) is 5.32 Å². The molecule has 0 aliphatic carbocycles. The van der Waals surface area contributed by atoms with Crippen molar-refractivity contribution in [2.45, 2.75) is 6.92 Å². The zero-order chi connectivity index (χ0) is 17.1. The van der Waals surface area contributed by atoms with E-state index < -0.39 is 11.8 Å². The molecule has 24 heavy (non-hydrogen) atoms. The first-order valence-electron chi connectivity index (χ1n) is 7.18. The predicted octanol–water partition coefficient (Wildman–Crippen LogP) is 3.59. The summed E-state index contributed by atoms with van der Waals surface area (Å²) in [5.41, 5.74) is 1.47. The molecule has 0 bridgehead atoms. The minimum atomic E-state index is -0.565. The highest BCUT2D eigenvalue weighted by Crippen LogP contribution is 2.17. The number of carbonyl (C=O) groups is 2. The number of fused-ring (bicyclic) bond motifs is 1. The topological polar surface area (TPSA) is 71.7 Å². The van der Waals surface area contributed by atoms with Crippen LogP contribution in [0.25, 0.3) is 11.0 Å². The normalized spacial score (nSPS) is 11.5. The van der Waals surface area contributed by atoms with E-state index in [-0.39, 0.29) is 11.1 Å². The Morgan fingerprint density at radius 2 is 1.79 bits per heavy atom. The summed E-state index contributed by atoms with van der Waals surface area (Å²) in [4.78, 5) is 27.8. The Balaban J connectivity index is 2.21. The molecule has 0 atom stereocenters. The van der Waals surface area contributed by atoms with Crippen molar-refractivity contribution >= 4 is 40.1 Å². The highest BCUT2D eigenvalue weighted by Gasteiger charge is 2.13. The zero-order valence-corrected chi connectivity index (χ0v) is 13.5. The van der Waals surface area contributed by atoms with Gasteiger partial charge in [0.2, 0.25) is 11.5 Å². The predicted molar refractivity (Wildman–Crippen MR) is 91.0 cm³/mol. The minimum absolute atomic E-state index is 0.120. The molecular weight excluding hydrogens is 328 g/mol. The van der Waals surface area contributed by atoms with Gasteiger partial charge in [0.15, 0.2) is 0 Å². The Morgan fingerprint density at radius 3 is 2.50 bits per heavy atom. The molecule has 1 N–H and O–H groups in total. The summed E-state index contributed by atoms with van der Waals surface area (Å²) in [6.07, 6.45) is 0. The van der Waals surface area contributed by atoms with Crippen LogP contribution >= 0.6 is 11.6 Å². The van der Waals surface area contributed by atoms with Crippen molar-refractivity contribution in [3.63, 3.8) is 0 Å². The van der Waals surface area contributed by atoms with E-state index in [0.717, 1.165) is 5.39 Å². The number of benzene rings is 2. The van der Waals surface area contributed by atoms with E-state index in [4.69, 9.17) is 16.0 Å². The van der Waals surface area contributed by atoms with Crippen LogP contribution in [0.4, 0.5) is 5.69 Å². The maximum atomic E-state index is 12.3. The fraction of sp³-hybridized carbons (Fsp3) is 0.0556. The molecule has 0 spiro atoms. The van der Waals surface area contributed by atoms with Crippen LogP contribution in [0.15, 0.2) is 64.0 Å². The van der Waals surface area contributed by atoms with Gasteiger partial charge in [0.05, 0.1) is 5.69 Å². The third-order valence-electron chi connectivity index (χ3n) is 3.25. The molecule has 3 rings (SSSR count). The molecule has 0 radical (unpaired) electrons. The van der Waals surface area contributed by atoms with E-state index in [2.05, 4.69) is 10.3 Å². The maximum absolute atomic E-state index is 12.3. The number of para-hydroxylation sites is 1. The van der Waals surface area contributed by atoms with Gasteiger partial charge in [-0.15, -0.1) is 0 Å². The molecule has 3 aromatic rings. The first kappa shape index (κ1) is 16.0. The lowest BCUT2D eigenvalue weighted by Gasteiger charge is -2.04. The molecule has 5 nitrogen and oxygen atoms in total. The maximum Gasteiger partial charge on any atom is 0.263 e. The standard InChI is InChI=1S/C18H13ClN2O3/c1-11(22)20-17(23)15-10-12-4-2-3-5-16(12)24-18(15)21-14-8-6-13(19)7-9-14/h2-10H,1H3,(H,20,22,23). The van der Waals surface area contributed by atoms with Crippen LogP contribution in [0, 0.1) is 0 Å². The molecule has 2 aromatic carbocycles. The van der Waals surface area contributed by atoms with Gasteiger partial charge >= 0.3 is 0 Å². The smallest absolute Gasteiger partial charge is 0.263 e. The van der Waals surface area contributed by atoms with Gasteiger partial charge in [0.25, 0.3) is 5.91 Å². The van der Waals surface area contributed by atoms with Crippen LogP contribution in [0.2, 0.25) is 5.02 Å². The average Bonchev–Trinajstić information content (AvgIpc) is 2.55. The fourth-order valence-corrected chi connectivity index (χ4v) is 2.30. The Hall–Kier alpha value is -2.92. The van der Waals surface area contributed by atoms with Gasteiger partial charge in [-0.3, -0.25) is 14.9 Å². The summed E-state index contributed by atoms with van der Waals surface area (Å²) in [6, 6.07) is 15.7. The molecule has 6 heteroatoms. The Bertz CT molecular complexity index is 991. The third kappa shape index (κ3) is 3.52. The lowest BCUT2D eigenvalue weighted by Crippen LogP contribution is -2.32. The monoisotopic (exact) mass is 340 g/mol. The van der Waals surface area contributed by atoms with E-state index >= 15 is 0 Å². The third-order valence-corrected chi connectivity index (χ3v) is 3.50. The van der Waals surface area contributed by atoms with Gasteiger partial charge in [0.1, 0.15) is 11.1 Å². The number of hydrogen-bond acceptors (Lipinski definition) is 4. The van der Waals surface area contributed by atoms with E-state index in [0.29, 0.717) is 16.3 Å². The molecule has 0 saturated heterocycles. The number of halogens is 1. The zero-order valence-electron chi connectivity index (χ0n) is 12.7. The lowest BCUT2D eigenvalue weighted by molar-refractivity contribution is -0.118. The molecule has 0 saturated carbocycles. The highest BCUT2D eigenvalue weighted by molar-refractivity contribution is 6.30. The van der Waals surface area contributed by atoms with Crippen molar-refractivity contribution in [3.8, 4) is 0 Å². The SMILES string of the molecule is CC(=O)NC(=O)c1cc2ccccc2oc1=Nc1ccc(Cl)cc1. The van der Waals surface area contributed by atoms with Gasteiger partial charge in [-0.25, -0.2) is 4.99 Å². The largest absolute Gasteiger partial charge is 0.438 e. The van der Waals surface area contributed by atoms with E-state index in [9.17, 15) is 9.59 Å². The molecule has 1 heterocycles. The highest BCUT2D eigenvalue weighted by atomic mass is 35.5. The van der Waals surface area contributed by atoms with Gasteiger partial charge in [0, 0.05) is 17.3 Å². The molecule has 1 aromatic heterocycles. The summed E-state index contributed by atoms with van der Waals surface area (Å²) < 4.78 is 5.76.